The average molecular weight is 448 g/mol. The highest BCUT2D eigenvalue weighted by molar-refractivity contribution is 9.10. The van der Waals surface area contributed by atoms with E-state index in [4.69, 9.17) is 9.72 Å². The van der Waals surface area contributed by atoms with Crippen molar-refractivity contribution in [2.75, 3.05) is 39.2 Å². The van der Waals surface area contributed by atoms with E-state index in [1.807, 2.05) is 56.6 Å². The number of rotatable bonds is 7. The summed E-state index contributed by atoms with van der Waals surface area (Å²) in [6.45, 7) is 1.52. The summed E-state index contributed by atoms with van der Waals surface area (Å²) >= 11 is 4.94. The minimum Gasteiger partial charge on any atom is -0.497 e. The molecule has 0 aliphatic heterocycles. The normalized spacial score (nSPS) is 11.1. The van der Waals surface area contributed by atoms with Gasteiger partial charge in [-0.25, -0.2) is 4.98 Å². The van der Waals surface area contributed by atoms with Gasteiger partial charge in [-0.2, -0.15) is 0 Å². The van der Waals surface area contributed by atoms with Gasteiger partial charge in [0.2, 0.25) is 0 Å². The van der Waals surface area contributed by atoms with Crippen molar-refractivity contribution >= 4 is 48.5 Å². The van der Waals surface area contributed by atoms with Crippen LogP contribution in [0.3, 0.4) is 0 Å². The lowest BCUT2D eigenvalue weighted by molar-refractivity contribution is 0.0986. The van der Waals surface area contributed by atoms with Crippen molar-refractivity contribution in [3.63, 3.8) is 0 Å². The molecule has 1 heterocycles. The summed E-state index contributed by atoms with van der Waals surface area (Å²) in [6.07, 6.45) is 0.870. The van der Waals surface area contributed by atoms with Crippen LogP contribution in [0, 0.1) is 0 Å². The van der Waals surface area contributed by atoms with Crippen LogP contribution in [-0.4, -0.2) is 50.1 Å². The first kappa shape index (κ1) is 19.8. The van der Waals surface area contributed by atoms with Gasteiger partial charge in [-0.05, 0) is 63.5 Å². The number of halogens is 1. The fourth-order valence-electron chi connectivity index (χ4n) is 2.71. The third-order valence-corrected chi connectivity index (χ3v) is 5.73. The highest BCUT2D eigenvalue weighted by Crippen LogP contribution is 2.32. The Hall–Kier alpha value is -1.96. The SMILES string of the molecule is COc1ccc2sc(N(CCCN(C)C)C(=O)c3ccc(Br)cc3)nc2c1. The van der Waals surface area contributed by atoms with Crippen molar-refractivity contribution in [3.8, 4) is 5.75 Å². The van der Waals surface area contributed by atoms with Gasteiger partial charge in [0.15, 0.2) is 5.13 Å². The van der Waals surface area contributed by atoms with E-state index < -0.39 is 0 Å². The van der Waals surface area contributed by atoms with Crippen molar-refractivity contribution in [2.24, 2.45) is 0 Å². The molecule has 0 atom stereocenters. The lowest BCUT2D eigenvalue weighted by Crippen LogP contribution is -2.33. The maximum atomic E-state index is 13.2. The molecular weight excluding hydrogens is 426 g/mol. The highest BCUT2D eigenvalue weighted by Gasteiger charge is 2.21. The number of methoxy groups -OCH3 is 1. The molecule has 0 N–H and O–H groups in total. The van der Waals surface area contributed by atoms with Gasteiger partial charge in [-0.1, -0.05) is 27.3 Å². The van der Waals surface area contributed by atoms with Crippen molar-refractivity contribution in [2.45, 2.75) is 6.42 Å². The molecule has 3 aromatic rings. The zero-order valence-corrected chi connectivity index (χ0v) is 18.0. The second kappa shape index (κ2) is 8.82. The Morgan fingerprint density at radius 1 is 1.15 bits per heavy atom. The second-order valence-corrected chi connectivity index (χ2v) is 8.38. The molecule has 5 nitrogen and oxygen atoms in total. The van der Waals surface area contributed by atoms with Crippen LogP contribution >= 0.6 is 27.3 Å². The maximum Gasteiger partial charge on any atom is 0.260 e. The van der Waals surface area contributed by atoms with Crippen molar-refractivity contribution < 1.29 is 9.53 Å². The molecule has 0 radical (unpaired) electrons. The van der Waals surface area contributed by atoms with Gasteiger partial charge in [0, 0.05) is 22.6 Å². The Balaban J connectivity index is 1.93. The molecule has 27 heavy (non-hydrogen) atoms. The molecular formula is C20H22BrN3O2S. The van der Waals surface area contributed by atoms with Crippen LogP contribution in [-0.2, 0) is 0 Å². The lowest BCUT2D eigenvalue weighted by atomic mass is 10.2. The smallest absolute Gasteiger partial charge is 0.260 e. The maximum absolute atomic E-state index is 13.2. The van der Waals surface area contributed by atoms with E-state index >= 15 is 0 Å². The van der Waals surface area contributed by atoms with Crippen LogP contribution in [0.15, 0.2) is 46.9 Å². The van der Waals surface area contributed by atoms with Gasteiger partial charge < -0.3 is 9.64 Å². The quantitative estimate of drug-likeness (QED) is 0.527. The van der Waals surface area contributed by atoms with Crippen molar-refractivity contribution in [1.29, 1.82) is 0 Å². The molecule has 0 unspecified atom stereocenters. The summed E-state index contributed by atoms with van der Waals surface area (Å²) < 4.78 is 7.27. The molecule has 0 spiro atoms. The summed E-state index contributed by atoms with van der Waals surface area (Å²) in [6, 6.07) is 13.2. The third-order valence-electron chi connectivity index (χ3n) is 4.14. The summed E-state index contributed by atoms with van der Waals surface area (Å²) in [4.78, 5) is 21.8. The van der Waals surface area contributed by atoms with Gasteiger partial charge >= 0.3 is 0 Å². The number of anilines is 1. The van der Waals surface area contributed by atoms with Crippen LogP contribution in [0.4, 0.5) is 5.13 Å². The number of ether oxygens (including phenoxy) is 1. The number of aromatic nitrogens is 1. The van der Waals surface area contributed by atoms with E-state index in [1.54, 1.807) is 12.0 Å². The number of benzene rings is 2. The largest absolute Gasteiger partial charge is 0.497 e. The Labute approximate surface area is 171 Å². The Morgan fingerprint density at radius 3 is 2.56 bits per heavy atom. The number of carbonyl (C=O) groups is 1. The van der Waals surface area contributed by atoms with Gasteiger partial charge in [0.25, 0.3) is 5.91 Å². The predicted molar refractivity (Wildman–Crippen MR) is 115 cm³/mol. The first-order valence-electron chi connectivity index (χ1n) is 8.64. The monoisotopic (exact) mass is 447 g/mol. The molecule has 0 fully saturated rings. The molecule has 0 saturated heterocycles. The molecule has 1 aromatic heterocycles. The van der Waals surface area contributed by atoms with Crippen molar-refractivity contribution in [1.82, 2.24) is 9.88 Å². The Bertz CT molecular complexity index is 925. The summed E-state index contributed by atoms with van der Waals surface area (Å²) in [7, 11) is 5.70. The standard InChI is InChI=1S/C20H22BrN3O2S/c1-23(2)11-4-12-24(19(25)14-5-7-15(21)8-6-14)20-22-17-13-16(26-3)9-10-18(17)27-20/h5-10,13H,4,11-12H2,1-3H3. The molecule has 1 amide bonds. The zero-order chi connectivity index (χ0) is 19.4. The minimum absolute atomic E-state index is 0.0349. The van der Waals surface area contributed by atoms with E-state index in [0.29, 0.717) is 17.2 Å². The van der Waals surface area contributed by atoms with Crippen molar-refractivity contribution in [3.05, 3.63) is 52.5 Å². The molecule has 2 aromatic carbocycles. The number of nitrogens with zero attached hydrogens (tertiary/aromatic N) is 3. The molecule has 0 aliphatic rings. The summed E-state index contributed by atoms with van der Waals surface area (Å²) in [5.41, 5.74) is 1.50. The van der Waals surface area contributed by atoms with E-state index in [0.717, 1.165) is 33.4 Å². The number of carbonyl (C=O) groups excluding carboxylic acids is 1. The zero-order valence-electron chi connectivity index (χ0n) is 15.6. The summed E-state index contributed by atoms with van der Waals surface area (Å²) in [5.74, 6) is 0.727. The molecule has 142 valence electrons. The van der Waals surface area contributed by atoms with Gasteiger partial charge in [0.1, 0.15) is 5.75 Å². The number of hydrogen-bond acceptors (Lipinski definition) is 5. The molecule has 3 rings (SSSR count). The number of hydrogen-bond donors (Lipinski definition) is 0. The van der Waals surface area contributed by atoms with Crippen LogP contribution in [0.5, 0.6) is 5.75 Å². The van der Waals surface area contributed by atoms with E-state index in [9.17, 15) is 4.79 Å². The van der Waals surface area contributed by atoms with Crippen LogP contribution in [0.2, 0.25) is 0 Å². The first-order chi connectivity index (χ1) is 13.0. The summed E-state index contributed by atoms with van der Waals surface area (Å²) in [5, 5.41) is 0.713. The van der Waals surface area contributed by atoms with Gasteiger partial charge in [-0.15, -0.1) is 0 Å². The highest BCUT2D eigenvalue weighted by atomic mass is 79.9. The molecule has 0 bridgehead atoms. The van der Waals surface area contributed by atoms with Gasteiger partial charge in [-0.3, -0.25) is 9.69 Å². The molecule has 0 aliphatic carbocycles. The number of thiazole rings is 1. The Kier molecular flexibility index (Phi) is 6.46. The second-order valence-electron chi connectivity index (χ2n) is 6.45. The number of amides is 1. The van der Waals surface area contributed by atoms with Crippen LogP contribution in [0.1, 0.15) is 16.8 Å². The Morgan fingerprint density at radius 2 is 1.89 bits per heavy atom. The fraction of sp³-hybridized carbons (Fsp3) is 0.300. The lowest BCUT2D eigenvalue weighted by Gasteiger charge is -2.21. The van der Waals surface area contributed by atoms with E-state index in [-0.39, 0.29) is 5.91 Å². The van der Waals surface area contributed by atoms with Gasteiger partial charge in [0.05, 0.1) is 17.3 Å². The fourth-order valence-corrected chi connectivity index (χ4v) is 3.95. The predicted octanol–water partition coefficient (Wildman–Crippen LogP) is 4.67. The minimum atomic E-state index is -0.0349. The van der Waals surface area contributed by atoms with E-state index in [2.05, 4.69) is 20.8 Å². The third kappa shape index (κ3) is 4.86. The first-order valence-corrected chi connectivity index (χ1v) is 10.3. The molecule has 0 saturated carbocycles. The van der Waals surface area contributed by atoms with Crippen LogP contribution < -0.4 is 9.64 Å². The average Bonchev–Trinajstić information content (AvgIpc) is 3.07. The number of fused-ring (bicyclic) bond motifs is 1. The van der Waals surface area contributed by atoms with Crippen LogP contribution in [0.25, 0.3) is 10.2 Å². The van der Waals surface area contributed by atoms with E-state index in [1.165, 1.54) is 11.3 Å². The molecule has 7 heteroatoms. The topological polar surface area (TPSA) is 45.7 Å².